The molecule has 0 radical (unpaired) electrons. The van der Waals surface area contributed by atoms with Crippen LogP contribution in [0.2, 0.25) is 0 Å². The van der Waals surface area contributed by atoms with Crippen molar-refractivity contribution in [1.82, 2.24) is 0 Å². The third-order valence-corrected chi connectivity index (χ3v) is 1.22. The Labute approximate surface area is 58.7 Å². The zero-order valence-electron chi connectivity index (χ0n) is 6.17. The summed E-state index contributed by atoms with van der Waals surface area (Å²) in [6, 6.07) is 0. The largest absolute Gasteiger partial charge is 0.479 e. The van der Waals surface area contributed by atoms with Gasteiger partial charge in [0.25, 0.3) is 11.4 Å². The molecule has 0 bridgehead atoms. The van der Waals surface area contributed by atoms with Crippen LogP contribution in [0, 0.1) is 15.5 Å². The standard InChI is InChI=1S/C5H10N2O3/c1-5(2,7(8)9)4(6)10-3/h6H,1-3H3. The van der Waals surface area contributed by atoms with Crippen molar-refractivity contribution in [1.29, 1.82) is 5.41 Å². The second-order valence-corrected chi connectivity index (χ2v) is 2.35. The van der Waals surface area contributed by atoms with Crippen LogP contribution in [0.25, 0.3) is 0 Å². The molecule has 0 unspecified atom stereocenters. The van der Waals surface area contributed by atoms with Crippen LogP contribution >= 0.6 is 0 Å². The summed E-state index contributed by atoms with van der Waals surface area (Å²) in [6.07, 6.45) is 0. The molecule has 5 nitrogen and oxygen atoms in total. The number of hydrogen-bond donors (Lipinski definition) is 1. The van der Waals surface area contributed by atoms with Crippen LogP contribution < -0.4 is 0 Å². The zero-order chi connectivity index (χ0) is 8.36. The van der Waals surface area contributed by atoms with Crippen LogP contribution in [0.3, 0.4) is 0 Å². The summed E-state index contributed by atoms with van der Waals surface area (Å²) >= 11 is 0. The molecule has 0 rings (SSSR count). The van der Waals surface area contributed by atoms with Crippen molar-refractivity contribution >= 4 is 5.90 Å². The maximum absolute atomic E-state index is 10.2. The molecule has 0 heterocycles. The van der Waals surface area contributed by atoms with E-state index < -0.39 is 10.5 Å². The molecule has 0 aromatic rings. The molecule has 0 atom stereocenters. The van der Waals surface area contributed by atoms with E-state index in [1.807, 2.05) is 0 Å². The predicted molar refractivity (Wildman–Crippen MR) is 35.8 cm³/mol. The van der Waals surface area contributed by atoms with Crippen LogP contribution in [0.4, 0.5) is 0 Å². The summed E-state index contributed by atoms with van der Waals surface area (Å²) in [6.45, 7) is 2.64. The molecular weight excluding hydrogens is 136 g/mol. The first-order valence-electron chi connectivity index (χ1n) is 2.70. The molecular formula is C5H10N2O3. The van der Waals surface area contributed by atoms with Crippen molar-refractivity contribution in [3.63, 3.8) is 0 Å². The SMILES string of the molecule is COC(=N)C(C)(C)[N+](=O)[O-]. The summed E-state index contributed by atoms with van der Waals surface area (Å²) < 4.78 is 4.42. The lowest BCUT2D eigenvalue weighted by Crippen LogP contribution is -2.40. The van der Waals surface area contributed by atoms with Gasteiger partial charge >= 0.3 is 0 Å². The Bertz CT molecular complexity index is 164. The van der Waals surface area contributed by atoms with E-state index in [-0.39, 0.29) is 5.90 Å². The van der Waals surface area contributed by atoms with Gasteiger partial charge in [0.15, 0.2) is 0 Å². The van der Waals surface area contributed by atoms with E-state index in [1.54, 1.807) is 0 Å². The first-order valence-corrected chi connectivity index (χ1v) is 2.70. The number of ether oxygens (including phenoxy) is 1. The number of hydrogen-bond acceptors (Lipinski definition) is 4. The molecule has 0 spiro atoms. The minimum atomic E-state index is -1.41. The minimum absolute atomic E-state index is 0.336. The monoisotopic (exact) mass is 146 g/mol. The van der Waals surface area contributed by atoms with Crippen LogP contribution in [0.5, 0.6) is 0 Å². The van der Waals surface area contributed by atoms with E-state index in [4.69, 9.17) is 5.41 Å². The number of nitro groups is 1. The van der Waals surface area contributed by atoms with Gasteiger partial charge in [-0.2, -0.15) is 0 Å². The van der Waals surface area contributed by atoms with Crippen molar-refractivity contribution in [2.24, 2.45) is 0 Å². The van der Waals surface area contributed by atoms with Crippen LogP contribution in [-0.2, 0) is 4.74 Å². The Hall–Kier alpha value is -1.13. The highest BCUT2D eigenvalue weighted by Gasteiger charge is 2.37. The summed E-state index contributed by atoms with van der Waals surface area (Å²) in [5.74, 6) is -0.336. The third-order valence-electron chi connectivity index (χ3n) is 1.22. The fourth-order valence-electron chi connectivity index (χ4n) is 0.333. The van der Waals surface area contributed by atoms with E-state index in [1.165, 1.54) is 21.0 Å². The van der Waals surface area contributed by atoms with E-state index in [0.29, 0.717) is 0 Å². The van der Waals surface area contributed by atoms with Crippen molar-refractivity contribution in [3.8, 4) is 0 Å². The number of rotatable bonds is 2. The Morgan fingerprint density at radius 1 is 1.70 bits per heavy atom. The molecule has 10 heavy (non-hydrogen) atoms. The normalized spacial score (nSPS) is 10.7. The van der Waals surface area contributed by atoms with E-state index in [9.17, 15) is 10.1 Å². The van der Waals surface area contributed by atoms with Crippen LogP contribution in [0.15, 0.2) is 0 Å². The maximum Gasteiger partial charge on any atom is 0.289 e. The highest BCUT2D eigenvalue weighted by atomic mass is 16.6. The topological polar surface area (TPSA) is 76.2 Å². The minimum Gasteiger partial charge on any atom is -0.479 e. The van der Waals surface area contributed by atoms with E-state index in [2.05, 4.69) is 4.74 Å². The van der Waals surface area contributed by atoms with Crippen molar-refractivity contribution in [2.75, 3.05) is 7.11 Å². The molecule has 0 fully saturated rings. The van der Waals surface area contributed by atoms with Gasteiger partial charge in [0.2, 0.25) is 0 Å². The fraction of sp³-hybridized carbons (Fsp3) is 0.800. The molecule has 0 aliphatic carbocycles. The summed E-state index contributed by atoms with van der Waals surface area (Å²) in [4.78, 5) is 9.65. The van der Waals surface area contributed by atoms with E-state index in [0.717, 1.165) is 0 Å². The first-order chi connectivity index (χ1) is 4.42. The summed E-state index contributed by atoms with van der Waals surface area (Å²) in [5.41, 5.74) is -1.41. The Kier molecular flexibility index (Phi) is 2.34. The lowest BCUT2D eigenvalue weighted by molar-refractivity contribution is -0.540. The third kappa shape index (κ3) is 1.43. The number of nitrogens with one attached hydrogen (secondary N) is 1. The predicted octanol–water partition coefficient (Wildman–Crippen LogP) is 0.665. The van der Waals surface area contributed by atoms with Gasteiger partial charge in [0.1, 0.15) is 0 Å². The zero-order valence-corrected chi connectivity index (χ0v) is 6.17. The number of nitrogens with zero attached hydrogens (tertiary/aromatic N) is 1. The molecule has 0 amide bonds. The molecule has 1 N–H and O–H groups in total. The Morgan fingerprint density at radius 2 is 2.10 bits per heavy atom. The maximum atomic E-state index is 10.2. The Morgan fingerprint density at radius 3 is 2.20 bits per heavy atom. The smallest absolute Gasteiger partial charge is 0.289 e. The summed E-state index contributed by atoms with van der Waals surface area (Å²) in [7, 11) is 1.24. The molecule has 58 valence electrons. The van der Waals surface area contributed by atoms with Gasteiger partial charge in [-0.15, -0.1) is 0 Å². The van der Waals surface area contributed by atoms with Crippen LogP contribution in [-0.4, -0.2) is 23.5 Å². The number of methoxy groups -OCH3 is 1. The highest BCUT2D eigenvalue weighted by Crippen LogP contribution is 2.08. The van der Waals surface area contributed by atoms with Gasteiger partial charge in [0.05, 0.1) is 7.11 Å². The molecule has 5 heteroatoms. The second-order valence-electron chi connectivity index (χ2n) is 2.35. The molecule has 0 aromatic carbocycles. The van der Waals surface area contributed by atoms with Gasteiger partial charge in [-0.25, -0.2) is 0 Å². The second kappa shape index (κ2) is 2.64. The molecule has 0 aliphatic heterocycles. The van der Waals surface area contributed by atoms with Gasteiger partial charge in [-0.05, 0) is 0 Å². The quantitative estimate of drug-likeness (QED) is 0.269. The summed E-state index contributed by atoms with van der Waals surface area (Å²) in [5, 5.41) is 17.2. The lowest BCUT2D eigenvalue weighted by Gasteiger charge is -2.14. The van der Waals surface area contributed by atoms with Gasteiger partial charge in [-0.3, -0.25) is 15.5 Å². The average Bonchev–Trinajstić information content (AvgIpc) is 1.86. The molecule has 0 saturated heterocycles. The first kappa shape index (κ1) is 8.87. The van der Waals surface area contributed by atoms with Crippen molar-refractivity contribution in [3.05, 3.63) is 10.1 Å². The lowest BCUT2D eigenvalue weighted by atomic mass is 10.1. The average molecular weight is 146 g/mol. The van der Waals surface area contributed by atoms with Crippen LogP contribution in [0.1, 0.15) is 13.8 Å². The molecule has 0 saturated carbocycles. The molecule has 0 aromatic heterocycles. The highest BCUT2D eigenvalue weighted by molar-refractivity contribution is 5.80. The fourth-order valence-corrected chi connectivity index (χ4v) is 0.333. The van der Waals surface area contributed by atoms with Crippen molar-refractivity contribution < 1.29 is 9.66 Å². The van der Waals surface area contributed by atoms with E-state index >= 15 is 0 Å². The molecule has 0 aliphatic rings. The van der Waals surface area contributed by atoms with Crippen molar-refractivity contribution in [2.45, 2.75) is 19.4 Å². The van der Waals surface area contributed by atoms with Gasteiger partial charge in [-0.1, -0.05) is 0 Å². The Balaban J connectivity index is 4.40. The van der Waals surface area contributed by atoms with Gasteiger partial charge in [0, 0.05) is 18.8 Å². The van der Waals surface area contributed by atoms with Gasteiger partial charge < -0.3 is 4.74 Å².